The van der Waals surface area contributed by atoms with Crippen molar-refractivity contribution in [3.8, 4) is 0 Å². The maximum absolute atomic E-state index is 12.2. The van der Waals surface area contributed by atoms with Gasteiger partial charge in [0.15, 0.2) is 0 Å². The fourth-order valence-electron chi connectivity index (χ4n) is 2.15. The summed E-state index contributed by atoms with van der Waals surface area (Å²) in [7, 11) is -3.71. The Labute approximate surface area is 163 Å². The summed E-state index contributed by atoms with van der Waals surface area (Å²) in [5, 5.41) is 0.398. The van der Waals surface area contributed by atoms with Crippen LogP contribution in [0.15, 0.2) is 47.4 Å². The number of hydrazine groups is 1. The number of nitrogens with one attached hydrogen (secondary N) is 3. The van der Waals surface area contributed by atoms with Gasteiger partial charge in [0, 0.05) is 23.6 Å². The molecule has 0 saturated heterocycles. The van der Waals surface area contributed by atoms with Gasteiger partial charge in [0.1, 0.15) is 0 Å². The molecule has 0 aliphatic carbocycles. The predicted molar refractivity (Wildman–Crippen MR) is 103 cm³/mol. The first-order valence-electron chi connectivity index (χ1n) is 8.11. The van der Waals surface area contributed by atoms with Gasteiger partial charge in [0.05, 0.1) is 4.90 Å². The molecule has 3 N–H and O–H groups in total. The Balaban J connectivity index is 1.81. The zero-order chi connectivity index (χ0) is 20.0. The SMILES string of the molecule is Cc1ccc(S(=O)(=O)NCCC(=O)NNC(=O)c2cccc(Cl)c2)cc1C. The van der Waals surface area contributed by atoms with Crippen LogP contribution < -0.4 is 15.6 Å². The number of halogens is 1. The molecule has 0 heterocycles. The number of aryl methyl sites for hydroxylation is 2. The molecule has 2 amide bonds. The highest BCUT2D eigenvalue weighted by molar-refractivity contribution is 7.89. The molecule has 0 radical (unpaired) electrons. The molecule has 0 fully saturated rings. The fraction of sp³-hybridized carbons (Fsp3) is 0.222. The van der Waals surface area contributed by atoms with Crippen molar-refractivity contribution in [3.05, 3.63) is 64.2 Å². The molecule has 9 heteroatoms. The molecule has 0 spiro atoms. The quantitative estimate of drug-likeness (QED) is 0.635. The van der Waals surface area contributed by atoms with Crippen molar-refractivity contribution < 1.29 is 18.0 Å². The Kier molecular flexibility index (Phi) is 6.95. The largest absolute Gasteiger partial charge is 0.273 e. The van der Waals surface area contributed by atoms with Gasteiger partial charge >= 0.3 is 0 Å². The normalized spacial score (nSPS) is 11.1. The standard InChI is InChI=1S/C18H20ClN3O4S/c1-12-6-7-16(10-13(12)2)27(25,26)20-9-8-17(23)21-22-18(24)14-4-3-5-15(19)11-14/h3-7,10-11,20H,8-9H2,1-2H3,(H,21,23)(H,22,24). The third-order valence-electron chi connectivity index (χ3n) is 3.84. The van der Waals surface area contributed by atoms with E-state index in [4.69, 9.17) is 11.6 Å². The lowest BCUT2D eigenvalue weighted by Gasteiger charge is -2.10. The number of sulfonamides is 1. The Morgan fingerprint density at radius 2 is 1.74 bits per heavy atom. The highest BCUT2D eigenvalue weighted by Crippen LogP contribution is 2.14. The van der Waals surface area contributed by atoms with E-state index in [2.05, 4.69) is 15.6 Å². The Hall–Kier alpha value is -2.42. The molecule has 144 valence electrons. The van der Waals surface area contributed by atoms with Crippen LogP contribution in [0.3, 0.4) is 0 Å². The second kappa shape index (κ2) is 8.98. The third-order valence-corrected chi connectivity index (χ3v) is 5.53. The Morgan fingerprint density at radius 1 is 1.00 bits per heavy atom. The number of hydrogen-bond acceptors (Lipinski definition) is 4. The summed E-state index contributed by atoms with van der Waals surface area (Å²) in [6.45, 7) is 3.61. The van der Waals surface area contributed by atoms with Crippen LogP contribution in [0.5, 0.6) is 0 Å². The van der Waals surface area contributed by atoms with E-state index in [-0.39, 0.29) is 17.9 Å². The van der Waals surface area contributed by atoms with Gasteiger partial charge in [0.2, 0.25) is 15.9 Å². The van der Waals surface area contributed by atoms with Crippen molar-refractivity contribution in [1.29, 1.82) is 0 Å². The zero-order valence-electron chi connectivity index (χ0n) is 14.9. The Bertz CT molecular complexity index is 961. The number of hydrogen-bond donors (Lipinski definition) is 3. The molecular weight excluding hydrogens is 390 g/mol. The van der Waals surface area contributed by atoms with Crippen LogP contribution in [0.4, 0.5) is 0 Å². The lowest BCUT2D eigenvalue weighted by Crippen LogP contribution is -2.42. The molecule has 2 rings (SSSR count). The highest BCUT2D eigenvalue weighted by atomic mass is 35.5. The van der Waals surface area contributed by atoms with Gasteiger partial charge in [-0.3, -0.25) is 20.4 Å². The van der Waals surface area contributed by atoms with Gasteiger partial charge in [-0.25, -0.2) is 13.1 Å². The summed E-state index contributed by atoms with van der Waals surface area (Å²) in [5.74, 6) is -1.06. The number of rotatable bonds is 6. The monoisotopic (exact) mass is 409 g/mol. The second-order valence-electron chi connectivity index (χ2n) is 5.91. The topological polar surface area (TPSA) is 104 Å². The van der Waals surface area contributed by atoms with E-state index in [0.29, 0.717) is 10.6 Å². The highest BCUT2D eigenvalue weighted by Gasteiger charge is 2.15. The van der Waals surface area contributed by atoms with E-state index >= 15 is 0 Å². The maximum Gasteiger partial charge on any atom is 0.269 e. The number of carbonyl (C=O) groups is 2. The smallest absolute Gasteiger partial charge is 0.269 e. The average Bonchev–Trinajstić information content (AvgIpc) is 2.61. The summed E-state index contributed by atoms with van der Waals surface area (Å²) < 4.78 is 26.8. The minimum atomic E-state index is -3.71. The molecule has 2 aromatic carbocycles. The summed E-state index contributed by atoms with van der Waals surface area (Å²) in [4.78, 5) is 23.8. The van der Waals surface area contributed by atoms with Crippen LogP contribution >= 0.6 is 11.6 Å². The van der Waals surface area contributed by atoms with E-state index in [1.165, 1.54) is 12.1 Å². The van der Waals surface area contributed by atoms with Crippen LogP contribution in [0.2, 0.25) is 5.02 Å². The van der Waals surface area contributed by atoms with Crippen molar-refractivity contribution in [2.45, 2.75) is 25.2 Å². The van der Waals surface area contributed by atoms with Crippen LogP contribution in [-0.4, -0.2) is 26.8 Å². The minimum absolute atomic E-state index is 0.103. The van der Waals surface area contributed by atoms with Crippen molar-refractivity contribution in [2.24, 2.45) is 0 Å². The van der Waals surface area contributed by atoms with E-state index in [1.54, 1.807) is 30.3 Å². The summed E-state index contributed by atoms with van der Waals surface area (Å²) in [6.07, 6.45) is -0.139. The molecular formula is C18H20ClN3O4S. The van der Waals surface area contributed by atoms with Crippen molar-refractivity contribution >= 4 is 33.4 Å². The minimum Gasteiger partial charge on any atom is -0.273 e. The van der Waals surface area contributed by atoms with Crippen LogP contribution in [0.25, 0.3) is 0 Å². The van der Waals surface area contributed by atoms with E-state index in [1.807, 2.05) is 13.8 Å². The number of carbonyl (C=O) groups excluding carboxylic acids is 2. The van der Waals surface area contributed by atoms with Gasteiger partial charge in [-0.1, -0.05) is 23.7 Å². The van der Waals surface area contributed by atoms with E-state index in [9.17, 15) is 18.0 Å². The molecule has 0 unspecified atom stereocenters. The van der Waals surface area contributed by atoms with Gasteiger partial charge < -0.3 is 0 Å². The van der Waals surface area contributed by atoms with Crippen molar-refractivity contribution in [1.82, 2.24) is 15.6 Å². The molecule has 0 aliphatic heterocycles. The molecule has 7 nitrogen and oxygen atoms in total. The third kappa shape index (κ3) is 6.06. The van der Waals surface area contributed by atoms with Gasteiger partial charge in [-0.2, -0.15) is 0 Å². The predicted octanol–water partition coefficient (Wildman–Crippen LogP) is 2.09. The van der Waals surface area contributed by atoms with Gasteiger partial charge in [0.25, 0.3) is 5.91 Å². The second-order valence-corrected chi connectivity index (χ2v) is 8.11. The molecule has 0 bridgehead atoms. The van der Waals surface area contributed by atoms with E-state index < -0.39 is 21.8 Å². The van der Waals surface area contributed by atoms with Gasteiger partial charge in [-0.15, -0.1) is 0 Å². The van der Waals surface area contributed by atoms with Crippen molar-refractivity contribution in [2.75, 3.05) is 6.54 Å². The summed E-state index contributed by atoms with van der Waals surface area (Å²) >= 11 is 5.80. The zero-order valence-corrected chi connectivity index (χ0v) is 16.4. The first kappa shape index (κ1) is 20.9. The van der Waals surface area contributed by atoms with Gasteiger partial charge in [-0.05, 0) is 55.3 Å². The Morgan fingerprint density at radius 3 is 2.41 bits per heavy atom. The molecule has 0 aliphatic rings. The molecule has 2 aromatic rings. The fourth-order valence-corrected chi connectivity index (χ4v) is 3.46. The van der Waals surface area contributed by atoms with E-state index in [0.717, 1.165) is 11.1 Å². The molecule has 0 aromatic heterocycles. The summed E-state index contributed by atoms with van der Waals surface area (Å²) in [6, 6.07) is 11.0. The lowest BCUT2D eigenvalue weighted by atomic mass is 10.1. The number of benzene rings is 2. The first-order chi connectivity index (χ1) is 12.7. The van der Waals surface area contributed by atoms with Crippen LogP contribution in [0, 0.1) is 13.8 Å². The van der Waals surface area contributed by atoms with Crippen LogP contribution in [-0.2, 0) is 14.8 Å². The lowest BCUT2D eigenvalue weighted by molar-refractivity contribution is -0.121. The maximum atomic E-state index is 12.2. The molecule has 0 atom stereocenters. The summed E-state index contributed by atoms with van der Waals surface area (Å²) in [5.41, 5.74) is 6.61. The molecule has 0 saturated carbocycles. The van der Waals surface area contributed by atoms with Crippen molar-refractivity contribution in [3.63, 3.8) is 0 Å². The average molecular weight is 410 g/mol. The number of amides is 2. The van der Waals surface area contributed by atoms with Crippen LogP contribution in [0.1, 0.15) is 27.9 Å². The molecule has 27 heavy (non-hydrogen) atoms. The first-order valence-corrected chi connectivity index (χ1v) is 9.97.